The van der Waals surface area contributed by atoms with Crippen molar-refractivity contribution in [3.8, 4) is 0 Å². The lowest BCUT2D eigenvalue weighted by molar-refractivity contribution is 0.0956. The Labute approximate surface area is 107 Å². The Bertz CT molecular complexity index is 447. The van der Waals surface area contributed by atoms with E-state index in [2.05, 4.69) is 18.8 Å². The summed E-state index contributed by atoms with van der Waals surface area (Å²) in [5, 5.41) is 4.92. The van der Waals surface area contributed by atoms with Gasteiger partial charge in [-0.05, 0) is 37.7 Å². The zero-order valence-electron chi connectivity index (χ0n) is 10.5. The topological polar surface area (TPSA) is 29.1 Å². The molecule has 1 heterocycles. The fraction of sp³-hybridized carbons (Fsp3) is 0.500. The maximum atomic E-state index is 12.0. The largest absolute Gasteiger partial charge is 0.348 e. The molecule has 1 unspecified atom stereocenters. The van der Waals surface area contributed by atoms with Crippen LogP contribution in [-0.2, 0) is 12.8 Å². The lowest BCUT2D eigenvalue weighted by Crippen LogP contribution is -2.26. The standard InChI is InChI=1S/C14H19NOS/c1-9(2)7-15-14(16)12-8-17-13-6-10(3)4-5-11(12)13/h8,10H,1,4-7H2,2-3H3,(H,15,16). The number of carbonyl (C=O) groups excluding carboxylic acids is 1. The number of hydrogen-bond acceptors (Lipinski definition) is 2. The number of thiophene rings is 1. The van der Waals surface area contributed by atoms with Gasteiger partial charge in [-0.25, -0.2) is 0 Å². The average molecular weight is 249 g/mol. The molecular weight excluding hydrogens is 230 g/mol. The highest BCUT2D eigenvalue weighted by Gasteiger charge is 2.22. The van der Waals surface area contributed by atoms with E-state index >= 15 is 0 Å². The molecule has 0 saturated heterocycles. The van der Waals surface area contributed by atoms with Crippen molar-refractivity contribution in [3.63, 3.8) is 0 Å². The first kappa shape index (κ1) is 12.4. The highest BCUT2D eigenvalue weighted by molar-refractivity contribution is 7.10. The summed E-state index contributed by atoms with van der Waals surface area (Å²) in [4.78, 5) is 13.4. The smallest absolute Gasteiger partial charge is 0.252 e. The molecular formula is C14H19NOS. The minimum Gasteiger partial charge on any atom is -0.348 e. The third-order valence-corrected chi connectivity index (χ3v) is 4.25. The van der Waals surface area contributed by atoms with Crippen molar-refractivity contribution in [1.82, 2.24) is 5.32 Å². The molecule has 0 radical (unpaired) electrons. The van der Waals surface area contributed by atoms with E-state index in [0.717, 1.165) is 29.9 Å². The minimum atomic E-state index is 0.0556. The van der Waals surface area contributed by atoms with E-state index in [0.29, 0.717) is 6.54 Å². The SMILES string of the molecule is C=C(C)CNC(=O)c1csc2c1CCC(C)C2. The molecule has 2 nitrogen and oxygen atoms in total. The summed E-state index contributed by atoms with van der Waals surface area (Å²) >= 11 is 1.74. The molecule has 0 saturated carbocycles. The van der Waals surface area contributed by atoms with Crippen LogP contribution >= 0.6 is 11.3 Å². The van der Waals surface area contributed by atoms with Gasteiger partial charge in [-0.2, -0.15) is 0 Å². The van der Waals surface area contributed by atoms with Crippen LogP contribution < -0.4 is 5.32 Å². The Morgan fingerprint density at radius 2 is 2.41 bits per heavy atom. The van der Waals surface area contributed by atoms with Crippen LogP contribution in [0.2, 0.25) is 0 Å². The van der Waals surface area contributed by atoms with Gasteiger partial charge in [-0.3, -0.25) is 4.79 Å². The molecule has 2 rings (SSSR count). The maximum absolute atomic E-state index is 12.0. The van der Waals surface area contributed by atoms with Crippen molar-refractivity contribution in [2.24, 2.45) is 5.92 Å². The second kappa shape index (κ2) is 5.05. The van der Waals surface area contributed by atoms with E-state index in [1.165, 1.54) is 16.9 Å². The predicted octanol–water partition coefficient (Wildman–Crippen LogP) is 3.18. The normalized spacial score (nSPS) is 18.6. The molecule has 1 N–H and O–H groups in total. The van der Waals surface area contributed by atoms with E-state index in [1.54, 1.807) is 11.3 Å². The Morgan fingerprint density at radius 1 is 1.65 bits per heavy atom. The summed E-state index contributed by atoms with van der Waals surface area (Å²) in [5.41, 5.74) is 3.15. The Morgan fingerprint density at radius 3 is 3.12 bits per heavy atom. The average Bonchev–Trinajstić information content (AvgIpc) is 2.68. The Kier molecular flexibility index (Phi) is 3.67. The lowest BCUT2D eigenvalue weighted by atomic mass is 9.88. The van der Waals surface area contributed by atoms with Gasteiger partial charge in [0, 0.05) is 16.8 Å². The van der Waals surface area contributed by atoms with Crippen LogP contribution in [-0.4, -0.2) is 12.5 Å². The molecule has 1 atom stereocenters. The van der Waals surface area contributed by atoms with E-state index in [1.807, 2.05) is 12.3 Å². The molecule has 0 spiro atoms. The fourth-order valence-electron chi connectivity index (χ4n) is 2.19. The Hall–Kier alpha value is -1.09. The van der Waals surface area contributed by atoms with Gasteiger partial charge in [-0.1, -0.05) is 19.1 Å². The van der Waals surface area contributed by atoms with E-state index < -0.39 is 0 Å². The van der Waals surface area contributed by atoms with Gasteiger partial charge < -0.3 is 5.32 Å². The monoisotopic (exact) mass is 249 g/mol. The van der Waals surface area contributed by atoms with Gasteiger partial charge >= 0.3 is 0 Å². The summed E-state index contributed by atoms with van der Waals surface area (Å²) in [6.07, 6.45) is 3.38. The molecule has 0 bridgehead atoms. The summed E-state index contributed by atoms with van der Waals surface area (Å²) in [7, 11) is 0. The number of carbonyl (C=O) groups is 1. The van der Waals surface area contributed by atoms with Crippen molar-refractivity contribution in [1.29, 1.82) is 0 Å². The molecule has 0 aliphatic heterocycles. The van der Waals surface area contributed by atoms with Crippen LogP contribution in [0.3, 0.4) is 0 Å². The van der Waals surface area contributed by atoms with E-state index in [-0.39, 0.29) is 5.91 Å². The zero-order valence-corrected chi connectivity index (χ0v) is 11.3. The summed E-state index contributed by atoms with van der Waals surface area (Å²) < 4.78 is 0. The molecule has 92 valence electrons. The molecule has 17 heavy (non-hydrogen) atoms. The number of hydrogen-bond donors (Lipinski definition) is 1. The molecule has 1 aliphatic rings. The summed E-state index contributed by atoms with van der Waals surface area (Å²) in [6.45, 7) is 8.57. The Balaban J connectivity index is 2.12. The van der Waals surface area contributed by atoms with Gasteiger partial charge in [-0.15, -0.1) is 11.3 Å². The van der Waals surface area contributed by atoms with E-state index in [9.17, 15) is 4.79 Å². The highest BCUT2D eigenvalue weighted by atomic mass is 32.1. The number of rotatable bonds is 3. The minimum absolute atomic E-state index is 0.0556. The molecule has 1 aliphatic carbocycles. The van der Waals surface area contributed by atoms with Crippen LogP contribution in [0.1, 0.15) is 41.1 Å². The van der Waals surface area contributed by atoms with Gasteiger partial charge in [0.2, 0.25) is 0 Å². The van der Waals surface area contributed by atoms with Crippen LogP contribution in [0.4, 0.5) is 0 Å². The van der Waals surface area contributed by atoms with Gasteiger partial charge in [0.15, 0.2) is 0 Å². The molecule has 0 fully saturated rings. The van der Waals surface area contributed by atoms with Crippen LogP contribution in [0, 0.1) is 5.92 Å². The third-order valence-electron chi connectivity index (χ3n) is 3.20. The van der Waals surface area contributed by atoms with Crippen molar-refractivity contribution in [2.45, 2.75) is 33.1 Å². The molecule has 0 aromatic carbocycles. The first-order valence-electron chi connectivity index (χ1n) is 6.09. The maximum Gasteiger partial charge on any atom is 0.252 e. The predicted molar refractivity (Wildman–Crippen MR) is 72.7 cm³/mol. The molecule has 3 heteroatoms. The van der Waals surface area contributed by atoms with Crippen molar-refractivity contribution in [3.05, 3.63) is 33.5 Å². The quantitative estimate of drug-likeness (QED) is 0.819. The number of amides is 1. The molecule has 1 amide bonds. The first-order valence-corrected chi connectivity index (χ1v) is 6.97. The zero-order chi connectivity index (χ0) is 12.4. The second-order valence-electron chi connectivity index (χ2n) is 5.04. The van der Waals surface area contributed by atoms with E-state index in [4.69, 9.17) is 0 Å². The van der Waals surface area contributed by atoms with Gasteiger partial charge in [0.1, 0.15) is 0 Å². The lowest BCUT2D eigenvalue weighted by Gasteiger charge is -2.18. The van der Waals surface area contributed by atoms with Crippen molar-refractivity contribution < 1.29 is 4.79 Å². The van der Waals surface area contributed by atoms with Crippen molar-refractivity contribution in [2.75, 3.05) is 6.54 Å². The van der Waals surface area contributed by atoms with Crippen LogP contribution in [0.15, 0.2) is 17.5 Å². The second-order valence-corrected chi connectivity index (χ2v) is 6.00. The summed E-state index contributed by atoms with van der Waals surface area (Å²) in [5.74, 6) is 0.813. The third kappa shape index (κ3) is 2.78. The highest BCUT2D eigenvalue weighted by Crippen LogP contribution is 2.32. The number of nitrogens with one attached hydrogen (secondary N) is 1. The first-order chi connectivity index (χ1) is 8.08. The van der Waals surface area contributed by atoms with Gasteiger partial charge in [0.25, 0.3) is 5.91 Å². The molecule has 1 aromatic rings. The summed E-state index contributed by atoms with van der Waals surface area (Å²) in [6, 6.07) is 0. The molecule has 1 aromatic heterocycles. The van der Waals surface area contributed by atoms with Crippen LogP contribution in [0.5, 0.6) is 0 Å². The van der Waals surface area contributed by atoms with Crippen LogP contribution in [0.25, 0.3) is 0 Å². The van der Waals surface area contributed by atoms with Crippen molar-refractivity contribution >= 4 is 17.2 Å². The fourth-order valence-corrected chi connectivity index (χ4v) is 3.44. The van der Waals surface area contributed by atoms with Gasteiger partial charge in [0.05, 0.1) is 5.56 Å². The number of fused-ring (bicyclic) bond motifs is 1.